The Balaban J connectivity index is 2.00. The second kappa shape index (κ2) is 6.43. The molecule has 2 aromatic rings. The van der Waals surface area contributed by atoms with E-state index in [-0.39, 0.29) is 0 Å². The van der Waals surface area contributed by atoms with Crippen LogP contribution in [-0.2, 0) is 6.54 Å². The number of benzene rings is 1. The maximum Gasteiger partial charge on any atom is 0.161 e. The van der Waals surface area contributed by atoms with Crippen molar-refractivity contribution in [3.8, 4) is 11.5 Å². The lowest BCUT2D eigenvalue weighted by Gasteiger charge is -2.13. The van der Waals surface area contributed by atoms with Gasteiger partial charge < -0.3 is 19.1 Å². The Morgan fingerprint density at radius 1 is 1.35 bits per heavy atom. The molecule has 5 nitrogen and oxygen atoms in total. The molecule has 1 N–H and O–H groups in total. The normalized spacial score (nSPS) is 12.2. The van der Waals surface area contributed by atoms with Crippen molar-refractivity contribution in [2.24, 2.45) is 0 Å². The van der Waals surface area contributed by atoms with Crippen LogP contribution in [0.3, 0.4) is 0 Å². The van der Waals surface area contributed by atoms with E-state index < -0.39 is 6.10 Å². The van der Waals surface area contributed by atoms with Crippen molar-refractivity contribution in [2.75, 3.05) is 13.7 Å². The molecule has 0 saturated heterocycles. The van der Waals surface area contributed by atoms with E-state index in [0.29, 0.717) is 18.1 Å². The molecule has 0 aliphatic carbocycles. The highest BCUT2D eigenvalue weighted by Gasteiger charge is 2.09. The van der Waals surface area contributed by atoms with Gasteiger partial charge in [-0.15, -0.1) is 0 Å². The van der Waals surface area contributed by atoms with Crippen LogP contribution in [0.2, 0.25) is 0 Å². The molecule has 0 saturated carbocycles. The van der Waals surface area contributed by atoms with Crippen molar-refractivity contribution in [1.29, 1.82) is 0 Å². The molecule has 0 amide bonds. The molecule has 0 radical (unpaired) electrons. The van der Waals surface area contributed by atoms with E-state index in [1.54, 1.807) is 26.3 Å². The Morgan fingerprint density at radius 2 is 2.15 bits per heavy atom. The van der Waals surface area contributed by atoms with Crippen LogP contribution in [0.1, 0.15) is 24.4 Å². The summed E-state index contributed by atoms with van der Waals surface area (Å²) < 4.78 is 13.1. The molecule has 1 aromatic carbocycles. The maximum absolute atomic E-state index is 9.56. The third-order valence-corrected chi connectivity index (χ3v) is 3.18. The third-order valence-electron chi connectivity index (χ3n) is 3.18. The van der Waals surface area contributed by atoms with Crippen molar-refractivity contribution in [3.05, 3.63) is 42.0 Å². The molecule has 2 rings (SSSR count). The average molecular weight is 276 g/mol. The zero-order valence-corrected chi connectivity index (χ0v) is 12.0. The van der Waals surface area contributed by atoms with Gasteiger partial charge in [-0.2, -0.15) is 0 Å². The predicted octanol–water partition coefficient (Wildman–Crippen LogP) is 2.33. The molecule has 0 fully saturated rings. The standard InChI is InChI=1S/C15H20N2O3/c1-11(18)13-4-5-14(15(10-13)19-3)20-9-8-17-7-6-16-12(17)2/h4-7,10-11,18H,8-9H2,1-3H3/t11-/m0/s1. The molecule has 1 heterocycles. The summed E-state index contributed by atoms with van der Waals surface area (Å²) in [6, 6.07) is 5.45. The first-order chi connectivity index (χ1) is 9.61. The van der Waals surface area contributed by atoms with Crippen LogP contribution < -0.4 is 9.47 Å². The van der Waals surface area contributed by atoms with Gasteiger partial charge in [-0.3, -0.25) is 0 Å². The summed E-state index contributed by atoms with van der Waals surface area (Å²) in [6.45, 7) is 4.93. The number of imidazole rings is 1. The van der Waals surface area contributed by atoms with E-state index >= 15 is 0 Å². The topological polar surface area (TPSA) is 56.5 Å². The first kappa shape index (κ1) is 14.4. The van der Waals surface area contributed by atoms with Crippen LogP contribution >= 0.6 is 0 Å². The van der Waals surface area contributed by atoms with Crippen LogP contribution in [-0.4, -0.2) is 28.4 Å². The Morgan fingerprint density at radius 3 is 2.75 bits per heavy atom. The quantitative estimate of drug-likeness (QED) is 0.879. The number of methoxy groups -OCH3 is 1. The Labute approximate surface area is 118 Å². The van der Waals surface area contributed by atoms with Gasteiger partial charge in [-0.25, -0.2) is 4.98 Å². The summed E-state index contributed by atoms with van der Waals surface area (Å²) in [6.07, 6.45) is 3.17. The van der Waals surface area contributed by atoms with E-state index in [4.69, 9.17) is 9.47 Å². The second-order valence-corrected chi connectivity index (χ2v) is 4.60. The van der Waals surface area contributed by atoms with Crippen molar-refractivity contribution in [1.82, 2.24) is 9.55 Å². The molecule has 0 bridgehead atoms. The molecule has 0 aliphatic heterocycles. The first-order valence-corrected chi connectivity index (χ1v) is 6.58. The summed E-state index contributed by atoms with van der Waals surface area (Å²) in [4.78, 5) is 4.16. The van der Waals surface area contributed by atoms with Crippen LogP contribution in [0.15, 0.2) is 30.6 Å². The van der Waals surface area contributed by atoms with Crippen LogP contribution in [0.4, 0.5) is 0 Å². The maximum atomic E-state index is 9.56. The lowest BCUT2D eigenvalue weighted by atomic mass is 10.1. The number of hydrogen-bond donors (Lipinski definition) is 1. The SMILES string of the molecule is COc1cc([C@H](C)O)ccc1OCCn1ccnc1C. The van der Waals surface area contributed by atoms with Gasteiger partial charge in [-0.1, -0.05) is 6.07 Å². The summed E-state index contributed by atoms with van der Waals surface area (Å²) in [7, 11) is 1.59. The van der Waals surface area contributed by atoms with Crippen molar-refractivity contribution in [3.63, 3.8) is 0 Å². The minimum Gasteiger partial charge on any atom is -0.493 e. The molecular formula is C15H20N2O3. The van der Waals surface area contributed by atoms with Gasteiger partial charge in [0.15, 0.2) is 11.5 Å². The van der Waals surface area contributed by atoms with E-state index in [0.717, 1.165) is 17.9 Å². The number of aliphatic hydroxyl groups is 1. The van der Waals surface area contributed by atoms with Gasteiger partial charge in [0.05, 0.1) is 19.8 Å². The molecule has 0 spiro atoms. The number of aliphatic hydroxyl groups excluding tert-OH is 1. The molecule has 1 atom stereocenters. The van der Waals surface area contributed by atoms with Crippen molar-refractivity contribution >= 4 is 0 Å². The number of rotatable bonds is 6. The van der Waals surface area contributed by atoms with E-state index in [9.17, 15) is 5.11 Å². The highest BCUT2D eigenvalue weighted by atomic mass is 16.5. The predicted molar refractivity (Wildman–Crippen MR) is 76.1 cm³/mol. The summed E-state index contributed by atoms with van der Waals surface area (Å²) in [5.74, 6) is 2.27. The van der Waals surface area contributed by atoms with E-state index in [1.165, 1.54) is 0 Å². The van der Waals surface area contributed by atoms with Crippen molar-refractivity contribution < 1.29 is 14.6 Å². The summed E-state index contributed by atoms with van der Waals surface area (Å²) in [5.41, 5.74) is 0.805. The first-order valence-electron chi connectivity index (χ1n) is 6.58. The fraction of sp³-hybridized carbons (Fsp3) is 0.400. The van der Waals surface area contributed by atoms with Gasteiger partial charge in [0, 0.05) is 12.4 Å². The molecule has 1 aromatic heterocycles. The number of hydrogen-bond acceptors (Lipinski definition) is 4. The molecule has 0 aliphatic rings. The molecule has 5 heteroatoms. The fourth-order valence-corrected chi connectivity index (χ4v) is 1.96. The Hall–Kier alpha value is -2.01. The third kappa shape index (κ3) is 3.30. The van der Waals surface area contributed by atoms with E-state index in [2.05, 4.69) is 4.98 Å². The minimum absolute atomic E-state index is 0.522. The fourth-order valence-electron chi connectivity index (χ4n) is 1.96. The number of aromatic nitrogens is 2. The summed E-state index contributed by atoms with van der Waals surface area (Å²) in [5, 5.41) is 9.56. The van der Waals surface area contributed by atoms with Gasteiger partial charge in [0.25, 0.3) is 0 Å². The Kier molecular flexibility index (Phi) is 4.63. The summed E-state index contributed by atoms with van der Waals surface area (Å²) >= 11 is 0. The molecular weight excluding hydrogens is 256 g/mol. The lowest BCUT2D eigenvalue weighted by molar-refractivity contribution is 0.198. The molecule has 20 heavy (non-hydrogen) atoms. The smallest absolute Gasteiger partial charge is 0.161 e. The second-order valence-electron chi connectivity index (χ2n) is 4.60. The van der Waals surface area contributed by atoms with E-state index in [1.807, 2.05) is 29.8 Å². The number of nitrogens with zero attached hydrogens (tertiary/aromatic N) is 2. The van der Waals surface area contributed by atoms with Crippen molar-refractivity contribution in [2.45, 2.75) is 26.5 Å². The van der Waals surface area contributed by atoms with Gasteiger partial charge in [0.1, 0.15) is 12.4 Å². The number of aryl methyl sites for hydroxylation is 1. The minimum atomic E-state index is -0.522. The van der Waals surface area contributed by atoms with Crippen LogP contribution in [0.25, 0.3) is 0 Å². The highest BCUT2D eigenvalue weighted by molar-refractivity contribution is 5.43. The van der Waals surface area contributed by atoms with Crippen LogP contribution in [0, 0.1) is 6.92 Å². The largest absolute Gasteiger partial charge is 0.493 e. The monoisotopic (exact) mass is 276 g/mol. The van der Waals surface area contributed by atoms with Crippen LogP contribution in [0.5, 0.6) is 11.5 Å². The van der Waals surface area contributed by atoms with Gasteiger partial charge in [-0.05, 0) is 31.5 Å². The number of ether oxygens (including phenoxy) is 2. The zero-order chi connectivity index (χ0) is 14.5. The van der Waals surface area contributed by atoms with Gasteiger partial charge in [0.2, 0.25) is 0 Å². The highest BCUT2D eigenvalue weighted by Crippen LogP contribution is 2.30. The molecule has 0 unspecified atom stereocenters. The zero-order valence-electron chi connectivity index (χ0n) is 12.0. The average Bonchev–Trinajstić information content (AvgIpc) is 2.84. The lowest BCUT2D eigenvalue weighted by Crippen LogP contribution is -2.09. The van der Waals surface area contributed by atoms with Gasteiger partial charge >= 0.3 is 0 Å². The molecule has 108 valence electrons. The Bertz CT molecular complexity index is 564.